The number of benzene rings is 1. The molecule has 0 saturated carbocycles. The van der Waals surface area contributed by atoms with Crippen molar-refractivity contribution in [1.29, 1.82) is 0 Å². The van der Waals surface area contributed by atoms with E-state index in [4.69, 9.17) is 4.11 Å². The summed E-state index contributed by atoms with van der Waals surface area (Å²) in [7, 11) is 0. The van der Waals surface area contributed by atoms with Crippen molar-refractivity contribution in [3.63, 3.8) is 0 Å². The predicted molar refractivity (Wildman–Crippen MR) is 53.2 cm³/mol. The maximum absolute atomic E-state index is 7.29. The zero-order valence-corrected chi connectivity index (χ0v) is 9.72. The minimum atomic E-state index is -2.16. The monoisotopic (exact) mass is 364 g/mol. The molecule has 0 aliphatic carbocycles. The Balaban J connectivity index is 0.00000144. The van der Waals surface area contributed by atoms with E-state index in [1.54, 1.807) is 18.2 Å². The van der Waals surface area contributed by atoms with Crippen molar-refractivity contribution in [2.24, 2.45) is 0 Å². The van der Waals surface area contributed by atoms with E-state index in [0.29, 0.717) is 5.69 Å². The number of rotatable bonds is 1. The maximum atomic E-state index is 7.29. The first-order chi connectivity index (χ1) is 7.57. The molecule has 2 rings (SSSR count). The first-order valence-corrected chi connectivity index (χ1v) is 4.02. The van der Waals surface area contributed by atoms with Crippen molar-refractivity contribution in [2.45, 2.75) is 6.85 Å². The van der Waals surface area contributed by atoms with Crippen LogP contribution in [0.4, 0.5) is 0 Å². The molecule has 1 aromatic heterocycles. The molecule has 0 spiro atoms. The first-order valence-electron chi connectivity index (χ1n) is 5.52. The van der Waals surface area contributed by atoms with Crippen LogP contribution in [0.2, 0.25) is 0 Å². The Morgan fingerprint density at radius 1 is 1.21 bits per heavy atom. The van der Waals surface area contributed by atoms with Gasteiger partial charge in [-0.15, -0.1) is 35.9 Å². The molecule has 1 nitrogen and oxygen atoms in total. The smallest absolute Gasteiger partial charge is 0.0295 e. The van der Waals surface area contributed by atoms with E-state index in [-0.39, 0.29) is 25.8 Å². The van der Waals surface area contributed by atoms with Gasteiger partial charge in [-0.05, 0) is 18.6 Å². The Morgan fingerprint density at radius 3 is 2.86 bits per heavy atom. The van der Waals surface area contributed by atoms with Gasteiger partial charge in [-0.3, -0.25) is 0 Å². The molecule has 0 fully saturated rings. The summed E-state index contributed by atoms with van der Waals surface area (Å²) in [5, 5.41) is 0. The van der Waals surface area contributed by atoms with E-state index in [9.17, 15) is 0 Å². The number of aromatic nitrogens is 1. The third kappa shape index (κ3) is 2.50. The zero-order valence-electron chi connectivity index (χ0n) is 10.3. The van der Waals surface area contributed by atoms with Crippen LogP contribution >= 0.6 is 0 Å². The van der Waals surface area contributed by atoms with Gasteiger partial charge in [0.2, 0.25) is 0 Å². The minimum Gasteiger partial charge on any atom is -0.302 e. The van der Waals surface area contributed by atoms with Crippen LogP contribution in [0.5, 0.6) is 0 Å². The molecule has 1 aromatic carbocycles. The van der Waals surface area contributed by atoms with E-state index in [1.807, 2.05) is 18.2 Å². The van der Waals surface area contributed by atoms with E-state index in [0.717, 1.165) is 5.56 Å². The van der Waals surface area contributed by atoms with Gasteiger partial charge in [0, 0.05) is 29.9 Å². The predicted octanol–water partition coefficient (Wildman–Crippen LogP) is 2.85. The molecule has 14 heavy (non-hydrogen) atoms. The van der Waals surface area contributed by atoms with Gasteiger partial charge in [0.25, 0.3) is 0 Å². The van der Waals surface area contributed by atoms with Gasteiger partial charge in [0.15, 0.2) is 0 Å². The summed E-state index contributed by atoms with van der Waals surface area (Å²) in [6.07, 6.45) is 0. The molecular weight excluding hydrogens is 350 g/mol. The largest absolute Gasteiger partial charge is 0.302 e. The summed E-state index contributed by atoms with van der Waals surface area (Å²) in [6, 6.07) is 15.4. The van der Waals surface area contributed by atoms with Gasteiger partial charge >= 0.3 is 0 Å². The van der Waals surface area contributed by atoms with E-state index in [1.165, 1.54) is 6.07 Å². The summed E-state index contributed by atoms with van der Waals surface area (Å²) in [4.78, 5) is 4.12. The molecule has 73 valence electrons. The second-order valence-electron chi connectivity index (χ2n) is 2.68. The molecule has 0 unspecified atom stereocenters. The molecule has 0 N–H and O–H groups in total. The molecular formula is C12H10IrN-. The Morgan fingerprint density at radius 2 is 2.14 bits per heavy atom. The number of pyridine rings is 1. The minimum absolute atomic E-state index is 0. The third-order valence-corrected chi connectivity index (χ3v) is 1.73. The van der Waals surface area contributed by atoms with Crippen molar-refractivity contribution in [3.05, 3.63) is 54.2 Å². The molecule has 0 amide bonds. The van der Waals surface area contributed by atoms with Gasteiger partial charge < -0.3 is 4.98 Å². The second kappa shape index (κ2) is 5.04. The fourth-order valence-electron chi connectivity index (χ4n) is 1.14. The van der Waals surface area contributed by atoms with Crippen LogP contribution in [-0.4, -0.2) is 4.98 Å². The van der Waals surface area contributed by atoms with Gasteiger partial charge in [-0.2, -0.15) is 0 Å². The fourth-order valence-corrected chi connectivity index (χ4v) is 1.14. The number of nitrogens with zero attached hydrogens (tertiary/aromatic N) is 1. The van der Waals surface area contributed by atoms with Crippen LogP contribution < -0.4 is 0 Å². The molecule has 0 aliphatic rings. The summed E-state index contributed by atoms with van der Waals surface area (Å²) in [5.41, 5.74) is 1.55. The van der Waals surface area contributed by atoms with Crippen molar-refractivity contribution in [2.75, 3.05) is 0 Å². The molecule has 2 aromatic rings. The summed E-state index contributed by atoms with van der Waals surface area (Å²) in [5.74, 6) is 0. The molecule has 0 atom stereocenters. The topological polar surface area (TPSA) is 12.9 Å². The van der Waals surface area contributed by atoms with Crippen molar-refractivity contribution in [1.82, 2.24) is 4.98 Å². The number of hydrogen-bond donors (Lipinski definition) is 0. The summed E-state index contributed by atoms with van der Waals surface area (Å²) >= 11 is 0. The molecule has 1 heterocycles. The molecule has 0 bridgehead atoms. The SMILES string of the molecule is [2H]C([2H])([2H])c1cccc(-c2[c-]cccc2)n1.[Ir]. The average Bonchev–Trinajstić information content (AvgIpc) is 2.29. The van der Waals surface area contributed by atoms with Crippen LogP contribution in [0.15, 0.2) is 42.5 Å². The molecule has 1 radical (unpaired) electrons. The normalized spacial score (nSPS) is 13.3. The van der Waals surface area contributed by atoms with E-state index in [2.05, 4.69) is 11.1 Å². The van der Waals surface area contributed by atoms with Crippen LogP contribution in [0.3, 0.4) is 0 Å². The summed E-state index contributed by atoms with van der Waals surface area (Å²) in [6.45, 7) is -2.16. The van der Waals surface area contributed by atoms with Crippen molar-refractivity contribution in [3.8, 4) is 11.3 Å². The van der Waals surface area contributed by atoms with Crippen molar-refractivity contribution < 1.29 is 24.2 Å². The zero-order chi connectivity index (χ0) is 11.6. The quantitative estimate of drug-likeness (QED) is 0.710. The van der Waals surface area contributed by atoms with Crippen LogP contribution in [0, 0.1) is 12.9 Å². The summed E-state index contributed by atoms with van der Waals surface area (Å²) < 4.78 is 21.9. The first kappa shape index (κ1) is 7.33. The van der Waals surface area contributed by atoms with Crippen LogP contribution in [0.1, 0.15) is 9.81 Å². The maximum Gasteiger partial charge on any atom is 0.0295 e. The Kier molecular flexibility index (Phi) is 2.64. The third-order valence-electron chi connectivity index (χ3n) is 1.73. The Labute approximate surface area is 102 Å². The van der Waals surface area contributed by atoms with Gasteiger partial charge in [-0.1, -0.05) is 12.1 Å². The van der Waals surface area contributed by atoms with Crippen molar-refractivity contribution >= 4 is 0 Å². The Bertz CT molecular complexity index is 483. The molecule has 0 aliphatic heterocycles. The molecule has 2 heteroatoms. The second-order valence-corrected chi connectivity index (χ2v) is 2.68. The van der Waals surface area contributed by atoms with Gasteiger partial charge in [0.05, 0.1) is 0 Å². The standard InChI is InChI=1S/C12H10N.Ir/c1-10-6-5-9-12(13-10)11-7-3-2-4-8-11;/h2-7,9H,1H3;/q-1;/i1D3;. The fraction of sp³-hybridized carbons (Fsp3) is 0.0833. The number of hydrogen-bond acceptors (Lipinski definition) is 1. The molecule has 0 saturated heterocycles. The average molecular weight is 363 g/mol. The van der Waals surface area contributed by atoms with E-state index >= 15 is 0 Å². The van der Waals surface area contributed by atoms with Gasteiger partial charge in [-0.25, -0.2) is 0 Å². The van der Waals surface area contributed by atoms with E-state index < -0.39 is 6.85 Å². The van der Waals surface area contributed by atoms with Crippen LogP contribution in [-0.2, 0) is 20.1 Å². The number of aryl methyl sites for hydroxylation is 1. The van der Waals surface area contributed by atoms with Crippen LogP contribution in [0.25, 0.3) is 11.3 Å². The van der Waals surface area contributed by atoms with Gasteiger partial charge in [0.1, 0.15) is 0 Å². The Hall–Kier alpha value is -0.981.